The normalized spacial score (nSPS) is 22.6. The summed E-state index contributed by atoms with van der Waals surface area (Å²) in [5.74, 6) is -0.615. The van der Waals surface area contributed by atoms with Gasteiger partial charge in [-0.2, -0.15) is 5.06 Å². The number of Topliss-reactive ketones (excluding diaryl/α,β-unsaturated/α-hetero) is 1. The van der Waals surface area contributed by atoms with E-state index in [9.17, 15) is 14.4 Å². The van der Waals surface area contributed by atoms with Gasteiger partial charge in [0.05, 0.1) is 5.70 Å². The molecule has 3 heterocycles. The average molecular weight is 386 g/mol. The van der Waals surface area contributed by atoms with Crippen molar-refractivity contribution in [2.75, 3.05) is 6.54 Å². The lowest BCUT2D eigenvalue weighted by Crippen LogP contribution is -2.57. The van der Waals surface area contributed by atoms with E-state index in [2.05, 4.69) is 4.98 Å². The molecule has 2 atom stereocenters. The molecule has 0 saturated carbocycles. The van der Waals surface area contributed by atoms with Gasteiger partial charge in [0.15, 0.2) is 0 Å². The van der Waals surface area contributed by atoms with Gasteiger partial charge in [0, 0.05) is 19.2 Å². The van der Waals surface area contributed by atoms with Crippen molar-refractivity contribution in [2.24, 2.45) is 0 Å². The molecule has 138 valence electrons. The van der Waals surface area contributed by atoms with Crippen molar-refractivity contribution in [2.45, 2.75) is 18.6 Å². The molecule has 4 rings (SSSR count). The summed E-state index contributed by atoms with van der Waals surface area (Å²) in [6.07, 6.45) is 7.13. The standard InChI is InChI=1S/C20H17ClFN3O2/c21-17-9-4-13(12-23-17)11-18-24-10-2-1-3-16(24)20(26)19(25(18)27)14-5-7-15(22)8-6-14/h1-9,12,18-19,27H,10-11H2. The van der Waals surface area contributed by atoms with Crippen LogP contribution >= 0.6 is 11.6 Å². The van der Waals surface area contributed by atoms with E-state index < -0.39 is 18.0 Å². The Bertz CT molecular complexity index is 912. The average Bonchev–Trinajstić information content (AvgIpc) is 2.68. The maximum atomic E-state index is 13.3. The van der Waals surface area contributed by atoms with E-state index in [4.69, 9.17) is 11.6 Å². The highest BCUT2D eigenvalue weighted by Gasteiger charge is 2.44. The lowest BCUT2D eigenvalue weighted by atomic mass is 9.93. The van der Waals surface area contributed by atoms with Gasteiger partial charge in [0.1, 0.15) is 23.2 Å². The number of carbonyl (C=O) groups excluding carboxylic acids is 1. The molecule has 0 spiro atoms. The highest BCUT2D eigenvalue weighted by molar-refractivity contribution is 6.29. The Kier molecular flexibility index (Phi) is 4.78. The third kappa shape index (κ3) is 3.39. The highest BCUT2D eigenvalue weighted by atomic mass is 35.5. The first kappa shape index (κ1) is 17.9. The highest BCUT2D eigenvalue weighted by Crippen LogP contribution is 2.36. The lowest BCUT2D eigenvalue weighted by molar-refractivity contribution is -0.209. The summed E-state index contributed by atoms with van der Waals surface area (Å²) < 4.78 is 13.3. The summed E-state index contributed by atoms with van der Waals surface area (Å²) in [6, 6.07) is 8.26. The van der Waals surface area contributed by atoms with Crippen LogP contribution in [0.25, 0.3) is 0 Å². The zero-order valence-electron chi connectivity index (χ0n) is 14.3. The van der Waals surface area contributed by atoms with Crippen LogP contribution in [0.15, 0.2) is 66.5 Å². The number of hydrogen-bond donors (Lipinski definition) is 1. The van der Waals surface area contributed by atoms with Crippen molar-refractivity contribution in [3.63, 3.8) is 0 Å². The van der Waals surface area contributed by atoms with Gasteiger partial charge in [-0.25, -0.2) is 9.37 Å². The van der Waals surface area contributed by atoms with E-state index in [0.29, 0.717) is 29.4 Å². The van der Waals surface area contributed by atoms with Gasteiger partial charge in [0.25, 0.3) is 0 Å². The van der Waals surface area contributed by atoms with Crippen LogP contribution in [0.2, 0.25) is 5.15 Å². The van der Waals surface area contributed by atoms with Crippen LogP contribution < -0.4 is 0 Å². The SMILES string of the molecule is O=C1C2=CC=CCN2C(Cc2ccc(Cl)nc2)N(O)C1c1ccc(F)cc1. The number of ketones is 1. The lowest BCUT2D eigenvalue weighted by Gasteiger charge is -2.47. The van der Waals surface area contributed by atoms with E-state index >= 15 is 0 Å². The van der Waals surface area contributed by atoms with Crippen molar-refractivity contribution in [3.8, 4) is 0 Å². The molecule has 0 amide bonds. The van der Waals surface area contributed by atoms with Crippen LogP contribution in [0.4, 0.5) is 4.39 Å². The Morgan fingerprint density at radius 1 is 1.22 bits per heavy atom. The Morgan fingerprint density at radius 3 is 2.70 bits per heavy atom. The molecule has 1 saturated heterocycles. The third-order valence-electron chi connectivity index (χ3n) is 4.82. The van der Waals surface area contributed by atoms with E-state index in [1.807, 2.05) is 23.1 Å². The Labute approximate surface area is 161 Å². The van der Waals surface area contributed by atoms with Gasteiger partial charge in [-0.1, -0.05) is 42.0 Å². The molecule has 2 aliphatic rings. The second-order valence-corrected chi connectivity index (χ2v) is 6.89. The van der Waals surface area contributed by atoms with Gasteiger partial charge >= 0.3 is 0 Å². The molecule has 2 aromatic rings. The first-order valence-electron chi connectivity index (χ1n) is 8.55. The van der Waals surface area contributed by atoms with E-state index in [0.717, 1.165) is 10.6 Å². The molecule has 0 bridgehead atoms. The number of aromatic nitrogens is 1. The topological polar surface area (TPSA) is 56.7 Å². The van der Waals surface area contributed by atoms with Crippen molar-refractivity contribution in [1.82, 2.24) is 14.9 Å². The first-order valence-corrected chi connectivity index (χ1v) is 8.93. The van der Waals surface area contributed by atoms with Gasteiger partial charge in [-0.3, -0.25) is 4.79 Å². The quantitative estimate of drug-likeness (QED) is 0.819. The molecule has 2 unspecified atom stereocenters. The van der Waals surface area contributed by atoms with Crippen LogP contribution in [0.1, 0.15) is 17.2 Å². The molecule has 0 radical (unpaired) electrons. The van der Waals surface area contributed by atoms with Gasteiger partial charge in [0.2, 0.25) is 5.78 Å². The van der Waals surface area contributed by atoms with Gasteiger partial charge < -0.3 is 10.1 Å². The molecule has 27 heavy (non-hydrogen) atoms. The number of pyridine rings is 1. The maximum Gasteiger partial charge on any atom is 0.202 e. The van der Waals surface area contributed by atoms with Crippen LogP contribution in [0.5, 0.6) is 0 Å². The predicted octanol–water partition coefficient (Wildman–Crippen LogP) is 3.51. The number of rotatable bonds is 3. The fraction of sp³-hybridized carbons (Fsp3) is 0.200. The van der Waals surface area contributed by atoms with Crippen LogP contribution in [-0.4, -0.2) is 38.6 Å². The second-order valence-electron chi connectivity index (χ2n) is 6.50. The van der Waals surface area contributed by atoms with Crippen molar-refractivity contribution >= 4 is 17.4 Å². The number of halogens is 2. The number of fused-ring (bicyclic) bond motifs is 1. The smallest absolute Gasteiger partial charge is 0.202 e. The first-order chi connectivity index (χ1) is 13.0. The largest absolute Gasteiger partial charge is 0.347 e. The second kappa shape index (κ2) is 7.23. The molecular formula is C20H17ClFN3O2. The van der Waals surface area contributed by atoms with Gasteiger partial charge in [-0.15, -0.1) is 0 Å². The fourth-order valence-electron chi connectivity index (χ4n) is 3.50. The predicted molar refractivity (Wildman–Crippen MR) is 98.4 cm³/mol. The zero-order chi connectivity index (χ0) is 19.0. The Balaban J connectivity index is 1.71. The summed E-state index contributed by atoms with van der Waals surface area (Å²) in [7, 11) is 0. The minimum atomic E-state index is -0.898. The molecule has 7 heteroatoms. The number of hydrogen-bond acceptors (Lipinski definition) is 5. The molecule has 1 aromatic carbocycles. The van der Waals surface area contributed by atoms with Gasteiger partial charge in [-0.05, 0) is 35.4 Å². The zero-order valence-corrected chi connectivity index (χ0v) is 15.1. The maximum absolute atomic E-state index is 13.3. The van der Waals surface area contributed by atoms with E-state index in [-0.39, 0.29) is 5.78 Å². The van der Waals surface area contributed by atoms with Crippen molar-refractivity contribution in [3.05, 3.63) is 88.6 Å². The number of allylic oxidation sites excluding steroid dienone is 2. The molecular weight excluding hydrogens is 369 g/mol. The monoisotopic (exact) mass is 385 g/mol. The minimum absolute atomic E-state index is 0.223. The number of carbonyl (C=O) groups is 1. The fourth-order valence-corrected chi connectivity index (χ4v) is 3.61. The Hall–Kier alpha value is -2.54. The number of nitrogens with zero attached hydrogens (tertiary/aromatic N) is 3. The molecule has 1 N–H and O–H groups in total. The summed E-state index contributed by atoms with van der Waals surface area (Å²) in [5.41, 5.74) is 1.95. The third-order valence-corrected chi connectivity index (χ3v) is 5.05. The molecule has 1 fully saturated rings. The minimum Gasteiger partial charge on any atom is -0.347 e. The molecule has 2 aliphatic heterocycles. The van der Waals surface area contributed by atoms with E-state index in [1.54, 1.807) is 18.3 Å². The van der Waals surface area contributed by atoms with Crippen molar-refractivity contribution in [1.29, 1.82) is 0 Å². The summed E-state index contributed by atoms with van der Waals surface area (Å²) in [6.45, 7) is 0.510. The number of hydroxylamine groups is 2. The summed E-state index contributed by atoms with van der Waals surface area (Å²) in [5, 5.41) is 12.4. The van der Waals surface area contributed by atoms with Crippen LogP contribution in [0, 0.1) is 5.82 Å². The molecule has 5 nitrogen and oxygen atoms in total. The van der Waals surface area contributed by atoms with Crippen LogP contribution in [-0.2, 0) is 11.2 Å². The van der Waals surface area contributed by atoms with E-state index in [1.165, 1.54) is 24.3 Å². The molecule has 0 aliphatic carbocycles. The van der Waals surface area contributed by atoms with Crippen molar-refractivity contribution < 1.29 is 14.4 Å². The Morgan fingerprint density at radius 2 is 2.00 bits per heavy atom. The summed E-state index contributed by atoms with van der Waals surface area (Å²) in [4.78, 5) is 19.0. The number of benzene rings is 1. The molecule has 1 aromatic heterocycles. The van der Waals surface area contributed by atoms with Crippen LogP contribution in [0.3, 0.4) is 0 Å². The summed E-state index contributed by atoms with van der Waals surface area (Å²) >= 11 is 5.85.